The van der Waals surface area contributed by atoms with Gasteiger partial charge in [-0.2, -0.15) is 5.10 Å². The van der Waals surface area contributed by atoms with Crippen LogP contribution in [-0.4, -0.2) is 26.7 Å². The fourth-order valence-electron chi connectivity index (χ4n) is 4.62. The Labute approximate surface area is 182 Å². The van der Waals surface area contributed by atoms with Crippen LogP contribution in [0.1, 0.15) is 41.0 Å². The van der Waals surface area contributed by atoms with Gasteiger partial charge in [-0.25, -0.2) is 9.67 Å². The summed E-state index contributed by atoms with van der Waals surface area (Å²) in [6.07, 6.45) is 0.869. The molecule has 0 aliphatic carbocycles. The third kappa shape index (κ3) is 3.12. The summed E-state index contributed by atoms with van der Waals surface area (Å²) in [7, 11) is 0. The number of benzene rings is 2. The van der Waals surface area contributed by atoms with Crippen molar-refractivity contribution in [2.24, 2.45) is 0 Å². The smallest absolute Gasteiger partial charge is 0.259 e. The Kier molecular flexibility index (Phi) is 4.62. The molecule has 1 amide bonds. The molecule has 5 heteroatoms. The molecule has 0 saturated carbocycles. The van der Waals surface area contributed by atoms with Crippen molar-refractivity contribution in [2.45, 2.75) is 46.7 Å². The normalized spacial score (nSPS) is 15.5. The number of pyridine rings is 1. The molecule has 31 heavy (non-hydrogen) atoms. The van der Waals surface area contributed by atoms with Crippen LogP contribution in [-0.2, 0) is 13.0 Å². The molecule has 2 aromatic carbocycles. The van der Waals surface area contributed by atoms with Crippen molar-refractivity contribution in [3.8, 4) is 11.3 Å². The maximum atomic E-state index is 14.0. The van der Waals surface area contributed by atoms with E-state index in [0.717, 1.165) is 40.1 Å². The molecule has 156 valence electrons. The molecule has 0 radical (unpaired) electrons. The van der Waals surface area contributed by atoms with Gasteiger partial charge >= 0.3 is 0 Å². The Morgan fingerprint density at radius 1 is 1.10 bits per heavy atom. The van der Waals surface area contributed by atoms with Crippen molar-refractivity contribution in [1.29, 1.82) is 0 Å². The number of carbonyl (C=O) groups excluding carboxylic acids is 1. The van der Waals surface area contributed by atoms with E-state index >= 15 is 0 Å². The highest BCUT2D eigenvalue weighted by Crippen LogP contribution is 2.35. The molecular weight excluding hydrogens is 384 g/mol. The van der Waals surface area contributed by atoms with Crippen LogP contribution in [0.2, 0.25) is 0 Å². The van der Waals surface area contributed by atoms with Crippen molar-refractivity contribution in [2.75, 3.05) is 4.90 Å². The zero-order valence-electron chi connectivity index (χ0n) is 18.4. The third-order valence-electron chi connectivity index (χ3n) is 6.18. The fraction of sp³-hybridized carbons (Fsp3) is 0.269. The van der Waals surface area contributed by atoms with Crippen LogP contribution >= 0.6 is 0 Å². The van der Waals surface area contributed by atoms with E-state index < -0.39 is 0 Å². The lowest BCUT2D eigenvalue weighted by Crippen LogP contribution is -2.36. The quantitative estimate of drug-likeness (QED) is 0.459. The molecule has 2 aromatic heterocycles. The first-order chi connectivity index (χ1) is 15.0. The third-order valence-corrected chi connectivity index (χ3v) is 6.18. The number of fused-ring (bicyclic) bond motifs is 2. The number of aryl methyl sites for hydroxylation is 3. The number of anilines is 1. The number of hydrogen-bond acceptors (Lipinski definition) is 3. The molecule has 5 rings (SSSR count). The van der Waals surface area contributed by atoms with Crippen LogP contribution in [0.25, 0.3) is 22.3 Å². The lowest BCUT2D eigenvalue weighted by atomic mass is 10.0. The Balaban J connectivity index is 1.73. The van der Waals surface area contributed by atoms with Gasteiger partial charge in [0, 0.05) is 23.8 Å². The molecule has 5 nitrogen and oxygen atoms in total. The first kappa shape index (κ1) is 19.5. The highest BCUT2D eigenvalue weighted by atomic mass is 16.2. The summed E-state index contributed by atoms with van der Waals surface area (Å²) in [6, 6.07) is 18.5. The van der Waals surface area contributed by atoms with Crippen LogP contribution in [0.5, 0.6) is 0 Å². The Hall–Kier alpha value is -3.47. The van der Waals surface area contributed by atoms with Crippen LogP contribution in [0, 0.1) is 13.8 Å². The minimum Gasteiger partial charge on any atom is -0.305 e. The molecule has 0 spiro atoms. The number of carbonyl (C=O) groups is 1. The molecule has 0 fully saturated rings. The number of amides is 1. The van der Waals surface area contributed by atoms with E-state index in [1.54, 1.807) is 0 Å². The summed E-state index contributed by atoms with van der Waals surface area (Å²) in [5, 5.41) is 5.52. The maximum Gasteiger partial charge on any atom is 0.259 e. The average Bonchev–Trinajstić information content (AvgIpc) is 3.28. The van der Waals surface area contributed by atoms with Crippen molar-refractivity contribution >= 4 is 22.6 Å². The Morgan fingerprint density at radius 2 is 1.84 bits per heavy atom. The second-order valence-corrected chi connectivity index (χ2v) is 8.38. The molecular formula is C26H26N4O. The van der Waals surface area contributed by atoms with E-state index in [2.05, 4.69) is 49.3 Å². The van der Waals surface area contributed by atoms with Gasteiger partial charge in [-0.3, -0.25) is 4.79 Å². The van der Waals surface area contributed by atoms with Crippen LogP contribution in [0.15, 0.2) is 54.6 Å². The van der Waals surface area contributed by atoms with Gasteiger partial charge in [-0.05, 0) is 51.8 Å². The van der Waals surface area contributed by atoms with Gasteiger partial charge in [-0.15, -0.1) is 0 Å². The maximum absolute atomic E-state index is 14.0. The minimum atomic E-state index is 0.0111. The summed E-state index contributed by atoms with van der Waals surface area (Å²) in [4.78, 5) is 20.8. The van der Waals surface area contributed by atoms with E-state index in [1.165, 1.54) is 11.1 Å². The van der Waals surface area contributed by atoms with Crippen molar-refractivity contribution in [3.05, 3.63) is 77.0 Å². The molecule has 1 atom stereocenters. The Morgan fingerprint density at radius 3 is 2.58 bits per heavy atom. The van der Waals surface area contributed by atoms with E-state index in [4.69, 9.17) is 4.98 Å². The lowest BCUT2D eigenvalue weighted by molar-refractivity contribution is 0.0983. The molecule has 1 aliphatic rings. The van der Waals surface area contributed by atoms with Crippen LogP contribution in [0.4, 0.5) is 5.69 Å². The fourth-order valence-corrected chi connectivity index (χ4v) is 4.62. The molecule has 0 saturated heterocycles. The summed E-state index contributed by atoms with van der Waals surface area (Å²) >= 11 is 0. The van der Waals surface area contributed by atoms with E-state index in [-0.39, 0.29) is 11.9 Å². The zero-order valence-corrected chi connectivity index (χ0v) is 18.4. The average molecular weight is 411 g/mol. The number of nitrogens with zero attached hydrogens (tertiary/aromatic N) is 4. The summed E-state index contributed by atoms with van der Waals surface area (Å²) in [6.45, 7) is 8.88. The molecule has 1 aliphatic heterocycles. The van der Waals surface area contributed by atoms with Gasteiger partial charge in [0.2, 0.25) is 0 Å². The van der Waals surface area contributed by atoms with Gasteiger partial charge in [0.15, 0.2) is 5.65 Å². The topological polar surface area (TPSA) is 51.0 Å². The van der Waals surface area contributed by atoms with Crippen LogP contribution in [0.3, 0.4) is 0 Å². The van der Waals surface area contributed by atoms with E-state index in [9.17, 15) is 4.79 Å². The van der Waals surface area contributed by atoms with Gasteiger partial charge in [0.05, 0.1) is 22.3 Å². The largest absolute Gasteiger partial charge is 0.305 e. The van der Waals surface area contributed by atoms with Gasteiger partial charge < -0.3 is 4.90 Å². The predicted octanol–water partition coefficient (Wildman–Crippen LogP) is 5.33. The van der Waals surface area contributed by atoms with Gasteiger partial charge in [0.1, 0.15) is 0 Å². The Bertz CT molecular complexity index is 1300. The molecule has 0 N–H and O–H groups in total. The van der Waals surface area contributed by atoms with Gasteiger partial charge in [-0.1, -0.05) is 48.0 Å². The lowest BCUT2D eigenvalue weighted by Gasteiger charge is -2.23. The molecule has 4 aromatic rings. The second kappa shape index (κ2) is 7.34. The van der Waals surface area contributed by atoms with Crippen molar-refractivity contribution in [3.63, 3.8) is 0 Å². The number of rotatable bonds is 3. The zero-order chi connectivity index (χ0) is 21.7. The minimum absolute atomic E-state index is 0.0111. The number of para-hydroxylation sites is 1. The van der Waals surface area contributed by atoms with E-state index in [1.807, 2.05) is 47.7 Å². The standard InChI is InChI=1S/C26H26N4O/c1-5-29-25-24(18(4)28-29)21(15-22(27-25)19-12-10-16(2)11-13-19)26(31)30-17(3)14-20-8-6-7-9-23(20)30/h6-13,15,17H,5,14H2,1-4H3/t17-/m1/s1. The van der Waals surface area contributed by atoms with Crippen LogP contribution < -0.4 is 4.90 Å². The first-order valence-corrected chi connectivity index (χ1v) is 10.8. The molecule has 0 unspecified atom stereocenters. The number of hydrogen-bond donors (Lipinski definition) is 0. The highest BCUT2D eigenvalue weighted by Gasteiger charge is 2.33. The van der Waals surface area contributed by atoms with Crippen molar-refractivity contribution in [1.82, 2.24) is 14.8 Å². The second-order valence-electron chi connectivity index (χ2n) is 8.38. The first-order valence-electron chi connectivity index (χ1n) is 10.8. The monoisotopic (exact) mass is 410 g/mol. The van der Waals surface area contributed by atoms with E-state index in [0.29, 0.717) is 12.1 Å². The SMILES string of the molecule is CCn1nc(C)c2c(C(=O)N3c4ccccc4C[C@H]3C)cc(-c3ccc(C)cc3)nc21. The predicted molar refractivity (Wildman–Crippen MR) is 125 cm³/mol. The summed E-state index contributed by atoms with van der Waals surface area (Å²) < 4.78 is 1.89. The van der Waals surface area contributed by atoms with Gasteiger partial charge in [0.25, 0.3) is 5.91 Å². The molecule has 0 bridgehead atoms. The highest BCUT2D eigenvalue weighted by molar-refractivity contribution is 6.15. The van der Waals surface area contributed by atoms with Crippen molar-refractivity contribution < 1.29 is 4.79 Å². The molecule has 3 heterocycles. The summed E-state index contributed by atoms with van der Waals surface area (Å²) in [5.41, 5.74) is 7.48. The number of aromatic nitrogens is 3. The summed E-state index contributed by atoms with van der Waals surface area (Å²) in [5.74, 6) is 0.0111.